The molecular weight excluding hydrogens is 519 g/mol. The zero-order valence-corrected chi connectivity index (χ0v) is 23.6. The number of benzene rings is 6. The number of hydrogen-bond acceptors (Lipinski definition) is 2. The quantitative estimate of drug-likeness (QED) is 0.170. The lowest BCUT2D eigenvalue weighted by molar-refractivity contribution is 1.48. The molecule has 0 radical (unpaired) electrons. The van der Waals surface area contributed by atoms with E-state index in [4.69, 9.17) is 0 Å². The van der Waals surface area contributed by atoms with Crippen molar-refractivity contribution in [3.63, 3.8) is 0 Å². The second kappa shape index (κ2) is 10.1. The molecule has 0 aliphatic rings. The summed E-state index contributed by atoms with van der Waals surface area (Å²) in [5.74, 6) is 0. The van der Waals surface area contributed by atoms with E-state index in [1.165, 1.54) is 40.9 Å². The van der Waals surface area contributed by atoms with Gasteiger partial charge >= 0.3 is 0 Å². The molecule has 0 bridgehead atoms. The maximum Gasteiger partial charge on any atom is 0.180 e. The predicted molar refractivity (Wildman–Crippen MR) is 173 cm³/mol. The van der Waals surface area contributed by atoms with Crippen molar-refractivity contribution in [1.82, 2.24) is 0 Å². The van der Waals surface area contributed by atoms with Gasteiger partial charge in [0.2, 0.25) is 0 Å². The van der Waals surface area contributed by atoms with Crippen molar-refractivity contribution in [2.45, 2.75) is 0 Å². The van der Waals surface area contributed by atoms with E-state index in [2.05, 4.69) is 140 Å². The maximum absolute atomic E-state index is 9.56. The molecule has 7 aromatic rings. The molecule has 0 aliphatic heterocycles. The Morgan fingerprint density at radius 3 is 1.80 bits per heavy atom. The van der Waals surface area contributed by atoms with Gasteiger partial charge in [0, 0.05) is 20.2 Å². The Morgan fingerprint density at radius 1 is 0.500 bits per heavy atom. The van der Waals surface area contributed by atoms with Crippen LogP contribution in [0.25, 0.3) is 31.3 Å². The Kier molecular flexibility index (Phi) is 6.13. The maximum atomic E-state index is 9.56. The minimum Gasteiger partial charge on any atom is -0.192 e. The first kappa shape index (κ1) is 24.3. The van der Waals surface area contributed by atoms with Gasteiger partial charge in [-0.3, -0.25) is 0 Å². The summed E-state index contributed by atoms with van der Waals surface area (Å²) in [6.07, 6.45) is 0. The molecule has 188 valence electrons. The second-order valence-corrected chi connectivity index (χ2v) is 14.9. The number of thiophene rings is 1. The molecule has 3 heteroatoms. The average Bonchev–Trinajstić information content (AvgIpc) is 3.42. The summed E-state index contributed by atoms with van der Waals surface area (Å²) in [5.41, 5.74) is 2.86. The molecule has 0 N–H and O–H groups in total. The van der Waals surface area contributed by atoms with Crippen LogP contribution in [-0.4, -0.2) is 8.07 Å². The summed E-state index contributed by atoms with van der Waals surface area (Å²) in [5, 5.41) is 17.7. The fourth-order valence-corrected chi connectivity index (χ4v) is 12.4. The van der Waals surface area contributed by atoms with Crippen molar-refractivity contribution in [3.8, 4) is 17.2 Å². The highest BCUT2D eigenvalue weighted by atomic mass is 32.1. The molecule has 1 nitrogen and oxygen atoms in total. The van der Waals surface area contributed by atoms with Crippen LogP contribution in [0.4, 0.5) is 0 Å². The molecule has 7 rings (SSSR count). The highest BCUT2D eigenvalue weighted by molar-refractivity contribution is 7.27. The number of rotatable bonds is 5. The molecule has 0 amide bonds. The van der Waals surface area contributed by atoms with E-state index in [0.717, 1.165) is 11.1 Å². The van der Waals surface area contributed by atoms with E-state index >= 15 is 0 Å². The monoisotopic (exact) mass is 543 g/mol. The number of nitriles is 1. The first-order valence-corrected chi connectivity index (χ1v) is 16.2. The van der Waals surface area contributed by atoms with Crippen LogP contribution < -0.4 is 20.7 Å². The minimum absolute atomic E-state index is 0.673. The van der Waals surface area contributed by atoms with Gasteiger partial charge in [0.05, 0.1) is 11.6 Å². The first-order chi connectivity index (χ1) is 19.8. The van der Waals surface area contributed by atoms with Crippen LogP contribution in [0.5, 0.6) is 0 Å². The summed E-state index contributed by atoms with van der Waals surface area (Å²) in [6, 6.07) is 57.1. The lowest BCUT2D eigenvalue weighted by atomic mass is 10.0. The summed E-state index contributed by atoms with van der Waals surface area (Å²) in [6.45, 7) is 0. The molecule has 0 spiro atoms. The zero-order chi connectivity index (χ0) is 26.9. The smallest absolute Gasteiger partial charge is 0.180 e. The third kappa shape index (κ3) is 3.89. The lowest BCUT2D eigenvalue weighted by Gasteiger charge is -2.35. The highest BCUT2D eigenvalue weighted by Crippen LogP contribution is 2.34. The van der Waals surface area contributed by atoms with Gasteiger partial charge in [0.15, 0.2) is 8.07 Å². The normalized spacial score (nSPS) is 11.5. The van der Waals surface area contributed by atoms with E-state index in [-0.39, 0.29) is 0 Å². The van der Waals surface area contributed by atoms with Crippen LogP contribution >= 0.6 is 11.3 Å². The van der Waals surface area contributed by atoms with Gasteiger partial charge in [0.25, 0.3) is 0 Å². The van der Waals surface area contributed by atoms with Gasteiger partial charge in [-0.05, 0) is 56.1 Å². The molecule has 6 aromatic carbocycles. The van der Waals surface area contributed by atoms with Crippen LogP contribution in [0.1, 0.15) is 5.56 Å². The first-order valence-electron chi connectivity index (χ1n) is 13.4. The molecule has 0 saturated carbocycles. The van der Waals surface area contributed by atoms with E-state index in [1.807, 2.05) is 29.5 Å². The lowest BCUT2D eigenvalue weighted by Crippen LogP contribution is -2.74. The molecule has 1 heterocycles. The van der Waals surface area contributed by atoms with Crippen LogP contribution in [0.3, 0.4) is 0 Å². The Morgan fingerprint density at radius 2 is 1.07 bits per heavy atom. The second-order valence-electron chi connectivity index (χ2n) is 10.0. The molecule has 0 aliphatic carbocycles. The van der Waals surface area contributed by atoms with Crippen LogP contribution in [-0.2, 0) is 0 Å². The van der Waals surface area contributed by atoms with Gasteiger partial charge < -0.3 is 0 Å². The summed E-state index contributed by atoms with van der Waals surface area (Å²) < 4.78 is 2.64. The molecule has 0 saturated heterocycles. The van der Waals surface area contributed by atoms with Gasteiger partial charge in [-0.1, -0.05) is 127 Å². The van der Waals surface area contributed by atoms with Gasteiger partial charge in [-0.15, -0.1) is 11.3 Å². The molecular formula is C37H25NSSi. The number of fused-ring (bicyclic) bond motifs is 3. The fourth-order valence-electron chi connectivity index (χ4n) is 6.13. The van der Waals surface area contributed by atoms with Crippen molar-refractivity contribution >= 4 is 60.3 Å². The van der Waals surface area contributed by atoms with Gasteiger partial charge in [0.1, 0.15) is 0 Å². The van der Waals surface area contributed by atoms with Crippen molar-refractivity contribution in [2.75, 3.05) is 0 Å². The van der Waals surface area contributed by atoms with Gasteiger partial charge in [-0.25, -0.2) is 0 Å². The topological polar surface area (TPSA) is 23.8 Å². The van der Waals surface area contributed by atoms with Crippen molar-refractivity contribution < 1.29 is 0 Å². The van der Waals surface area contributed by atoms with Crippen molar-refractivity contribution in [1.29, 1.82) is 5.26 Å². The number of nitrogens with zero attached hydrogens (tertiary/aromatic N) is 1. The van der Waals surface area contributed by atoms with Gasteiger partial charge in [-0.2, -0.15) is 5.26 Å². The van der Waals surface area contributed by atoms with E-state index in [1.54, 1.807) is 0 Å². The van der Waals surface area contributed by atoms with E-state index < -0.39 is 8.07 Å². The Hall–Kier alpha value is -4.75. The largest absolute Gasteiger partial charge is 0.192 e. The Bertz CT molecular complexity index is 1980. The minimum atomic E-state index is -2.79. The highest BCUT2D eigenvalue weighted by Gasteiger charge is 2.43. The van der Waals surface area contributed by atoms with Crippen LogP contribution in [0, 0.1) is 11.3 Å². The average molecular weight is 544 g/mol. The van der Waals surface area contributed by atoms with E-state index in [0.29, 0.717) is 5.56 Å². The third-order valence-electron chi connectivity index (χ3n) is 7.84. The fraction of sp³-hybridized carbons (Fsp3) is 0. The van der Waals surface area contributed by atoms with Crippen molar-refractivity contribution in [3.05, 3.63) is 157 Å². The van der Waals surface area contributed by atoms with Crippen LogP contribution in [0.2, 0.25) is 0 Å². The zero-order valence-electron chi connectivity index (χ0n) is 21.8. The summed E-state index contributed by atoms with van der Waals surface area (Å²) in [4.78, 5) is 0. The van der Waals surface area contributed by atoms with Crippen molar-refractivity contribution in [2.24, 2.45) is 0 Å². The summed E-state index contributed by atoms with van der Waals surface area (Å²) in [7, 11) is -2.79. The molecule has 0 atom stereocenters. The van der Waals surface area contributed by atoms with Crippen LogP contribution in [0.15, 0.2) is 152 Å². The predicted octanol–water partition coefficient (Wildman–Crippen LogP) is 6.97. The molecule has 0 fully saturated rings. The Labute approximate surface area is 239 Å². The SMILES string of the molecule is N#Cc1cccc(-c2cccc([Si](c3ccccc3)(c3ccccc3)c3cccc4sc5ccccc5c34)c2)c1. The third-order valence-corrected chi connectivity index (χ3v) is 13.8. The summed E-state index contributed by atoms with van der Waals surface area (Å²) >= 11 is 1.87. The standard InChI is InChI=1S/C37H25NSSi/c38-26-27-12-9-13-28(24-27)29-14-10-19-32(25-29)40(30-15-3-1-4-16-30,31-17-5-2-6-18-31)36-23-11-22-35-37(36)33-20-7-8-21-34(33)39-35/h1-25H. The molecule has 0 unspecified atom stereocenters. The van der Waals surface area contributed by atoms with E-state index in [9.17, 15) is 5.26 Å². The molecule has 40 heavy (non-hydrogen) atoms. The Balaban J connectivity index is 1.63. The molecule has 1 aromatic heterocycles. The number of hydrogen-bond donors (Lipinski definition) is 0.